The van der Waals surface area contributed by atoms with E-state index >= 15 is 0 Å². The van der Waals surface area contributed by atoms with Crippen molar-refractivity contribution in [1.29, 1.82) is 0 Å². The number of hydrogen-bond acceptors (Lipinski definition) is 3. The molecule has 1 aromatic carbocycles. The zero-order chi connectivity index (χ0) is 14.7. The first kappa shape index (κ1) is 14.3. The van der Waals surface area contributed by atoms with Gasteiger partial charge in [-0.25, -0.2) is 4.98 Å². The SMILES string of the molecule is CN(C)CCn1c(-c2ccccc2)cnc1C1CCCN1. The minimum atomic E-state index is 0.407. The second-order valence-corrected chi connectivity index (χ2v) is 5.97. The summed E-state index contributed by atoms with van der Waals surface area (Å²) >= 11 is 0. The summed E-state index contributed by atoms with van der Waals surface area (Å²) in [6, 6.07) is 11.0. The van der Waals surface area contributed by atoms with E-state index in [-0.39, 0.29) is 0 Å². The minimum absolute atomic E-state index is 0.407. The Labute approximate surface area is 126 Å². The van der Waals surface area contributed by atoms with Crippen molar-refractivity contribution in [3.05, 3.63) is 42.4 Å². The summed E-state index contributed by atoms with van der Waals surface area (Å²) in [5.41, 5.74) is 2.47. The Bertz CT molecular complexity index is 568. The Morgan fingerprint density at radius 1 is 1.29 bits per heavy atom. The Hall–Kier alpha value is -1.65. The summed E-state index contributed by atoms with van der Waals surface area (Å²) in [6.45, 7) is 3.10. The fourth-order valence-corrected chi connectivity index (χ4v) is 2.95. The number of imidazole rings is 1. The topological polar surface area (TPSA) is 33.1 Å². The highest BCUT2D eigenvalue weighted by molar-refractivity contribution is 5.59. The van der Waals surface area contributed by atoms with Crippen LogP contribution in [-0.4, -0.2) is 41.6 Å². The van der Waals surface area contributed by atoms with Gasteiger partial charge < -0.3 is 14.8 Å². The van der Waals surface area contributed by atoms with Gasteiger partial charge in [0, 0.05) is 13.1 Å². The maximum atomic E-state index is 4.73. The van der Waals surface area contributed by atoms with Gasteiger partial charge in [0.2, 0.25) is 0 Å². The molecule has 3 rings (SSSR count). The Morgan fingerprint density at radius 2 is 2.10 bits per heavy atom. The lowest BCUT2D eigenvalue weighted by Crippen LogP contribution is -2.23. The first-order valence-corrected chi connectivity index (χ1v) is 7.74. The maximum Gasteiger partial charge on any atom is 0.126 e. The average molecular weight is 284 g/mol. The van der Waals surface area contributed by atoms with Crippen molar-refractivity contribution in [2.45, 2.75) is 25.4 Å². The van der Waals surface area contributed by atoms with Crippen LogP contribution >= 0.6 is 0 Å². The third kappa shape index (κ3) is 3.17. The van der Waals surface area contributed by atoms with Gasteiger partial charge in [0.1, 0.15) is 5.82 Å². The summed E-state index contributed by atoms with van der Waals surface area (Å²) < 4.78 is 2.39. The normalized spacial score (nSPS) is 18.5. The molecule has 0 spiro atoms. The van der Waals surface area contributed by atoms with Crippen molar-refractivity contribution in [3.8, 4) is 11.3 Å². The molecule has 21 heavy (non-hydrogen) atoms. The summed E-state index contributed by atoms with van der Waals surface area (Å²) in [7, 11) is 4.24. The molecular formula is C17H24N4. The van der Waals surface area contributed by atoms with Crippen LogP contribution in [0.3, 0.4) is 0 Å². The molecule has 0 radical (unpaired) electrons. The molecule has 4 heteroatoms. The lowest BCUT2D eigenvalue weighted by molar-refractivity contribution is 0.377. The molecule has 112 valence electrons. The number of hydrogen-bond donors (Lipinski definition) is 1. The molecule has 1 saturated heterocycles. The van der Waals surface area contributed by atoms with Gasteiger partial charge in [0.05, 0.1) is 17.9 Å². The average Bonchev–Trinajstić information content (AvgIpc) is 3.15. The van der Waals surface area contributed by atoms with Crippen LogP contribution in [0.2, 0.25) is 0 Å². The van der Waals surface area contributed by atoms with Crippen LogP contribution in [0.25, 0.3) is 11.3 Å². The van der Waals surface area contributed by atoms with Gasteiger partial charge in [-0.05, 0) is 39.0 Å². The predicted octanol–water partition coefficient (Wildman–Crippen LogP) is 2.54. The Morgan fingerprint density at radius 3 is 2.76 bits per heavy atom. The van der Waals surface area contributed by atoms with Crippen molar-refractivity contribution < 1.29 is 0 Å². The van der Waals surface area contributed by atoms with E-state index < -0.39 is 0 Å². The van der Waals surface area contributed by atoms with Crippen molar-refractivity contribution >= 4 is 0 Å². The second kappa shape index (κ2) is 6.41. The highest BCUT2D eigenvalue weighted by Gasteiger charge is 2.23. The van der Waals surface area contributed by atoms with Crippen LogP contribution in [-0.2, 0) is 6.54 Å². The van der Waals surface area contributed by atoms with E-state index in [1.54, 1.807) is 0 Å². The molecule has 0 amide bonds. The number of nitrogens with one attached hydrogen (secondary N) is 1. The summed E-state index contributed by atoms with van der Waals surface area (Å²) in [4.78, 5) is 6.96. The number of benzene rings is 1. The quantitative estimate of drug-likeness (QED) is 0.916. The summed E-state index contributed by atoms with van der Waals surface area (Å²) in [5, 5.41) is 3.57. The predicted molar refractivity (Wildman–Crippen MR) is 86.2 cm³/mol. The molecular weight excluding hydrogens is 260 g/mol. The van der Waals surface area contributed by atoms with E-state index in [2.05, 4.69) is 59.2 Å². The van der Waals surface area contributed by atoms with Crippen LogP contribution < -0.4 is 5.32 Å². The molecule has 1 aliphatic heterocycles. The van der Waals surface area contributed by atoms with Gasteiger partial charge in [-0.3, -0.25) is 0 Å². The number of nitrogens with zero attached hydrogens (tertiary/aromatic N) is 3. The monoisotopic (exact) mass is 284 g/mol. The molecule has 0 saturated carbocycles. The molecule has 1 unspecified atom stereocenters. The van der Waals surface area contributed by atoms with E-state index in [0.717, 1.165) is 19.6 Å². The molecule has 1 aromatic heterocycles. The Balaban J connectivity index is 1.95. The minimum Gasteiger partial charge on any atom is -0.325 e. The fourth-order valence-electron chi connectivity index (χ4n) is 2.95. The molecule has 2 heterocycles. The number of likely N-dealkylation sites (N-methyl/N-ethyl adjacent to an activating group) is 1. The zero-order valence-corrected chi connectivity index (χ0v) is 12.9. The van der Waals surface area contributed by atoms with E-state index in [9.17, 15) is 0 Å². The number of aromatic nitrogens is 2. The molecule has 0 aliphatic carbocycles. The van der Waals surface area contributed by atoms with Crippen LogP contribution in [0.1, 0.15) is 24.7 Å². The zero-order valence-electron chi connectivity index (χ0n) is 12.9. The van der Waals surface area contributed by atoms with E-state index in [4.69, 9.17) is 4.98 Å². The molecule has 1 N–H and O–H groups in total. The highest BCUT2D eigenvalue weighted by Crippen LogP contribution is 2.27. The van der Waals surface area contributed by atoms with Gasteiger partial charge in [-0.2, -0.15) is 0 Å². The molecule has 0 bridgehead atoms. The first-order valence-electron chi connectivity index (χ1n) is 7.74. The maximum absolute atomic E-state index is 4.73. The number of rotatable bonds is 5. The van der Waals surface area contributed by atoms with Gasteiger partial charge in [0.25, 0.3) is 0 Å². The van der Waals surface area contributed by atoms with Crippen molar-refractivity contribution in [2.75, 3.05) is 27.2 Å². The smallest absolute Gasteiger partial charge is 0.126 e. The lowest BCUT2D eigenvalue weighted by atomic mass is 10.1. The summed E-state index contributed by atoms with van der Waals surface area (Å²) in [6.07, 6.45) is 4.46. The van der Waals surface area contributed by atoms with Crippen molar-refractivity contribution in [3.63, 3.8) is 0 Å². The lowest BCUT2D eigenvalue weighted by Gasteiger charge is -2.18. The van der Waals surface area contributed by atoms with Crippen LogP contribution in [0, 0.1) is 0 Å². The van der Waals surface area contributed by atoms with E-state index in [0.29, 0.717) is 6.04 Å². The van der Waals surface area contributed by atoms with E-state index in [1.165, 1.54) is 29.9 Å². The standard InChI is InChI=1S/C17H24N4/c1-20(2)11-12-21-16(14-7-4-3-5-8-14)13-19-17(21)15-9-6-10-18-15/h3-5,7-8,13,15,18H,6,9-12H2,1-2H3. The van der Waals surface area contributed by atoms with Crippen LogP contribution in [0.5, 0.6) is 0 Å². The second-order valence-electron chi connectivity index (χ2n) is 5.97. The van der Waals surface area contributed by atoms with Gasteiger partial charge in [-0.15, -0.1) is 0 Å². The third-order valence-corrected chi connectivity index (χ3v) is 4.10. The van der Waals surface area contributed by atoms with E-state index in [1.807, 2.05) is 6.20 Å². The van der Waals surface area contributed by atoms with Gasteiger partial charge in [0.15, 0.2) is 0 Å². The third-order valence-electron chi connectivity index (χ3n) is 4.10. The largest absolute Gasteiger partial charge is 0.325 e. The van der Waals surface area contributed by atoms with Crippen molar-refractivity contribution in [2.24, 2.45) is 0 Å². The van der Waals surface area contributed by atoms with Crippen LogP contribution in [0.4, 0.5) is 0 Å². The highest BCUT2D eigenvalue weighted by atomic mass is 15.2. The molecule has 1 aliphatic rings. The van der Waals surface area contributed by atoms with Crippen LogP contribution in [0.15, 0.2) is 36.5 Å². The van der Waals surface area contributed by atoms with Crippen molar-refractivity contribution in [1.82, 2.24) is 19.8 Å². The molecule has 2 aromatic rings. The first-order chi connectivity index (χ1) is 10.3. The van der Waals surface area contributed by atoms with Gasteiger partial charge in [-0.1, -0.05) is 30.3 Å². The molecule has 1 atom stereocenters. The Kier molecular flexibility index (Phi) is 4.36. The molecule has 4 nitrogen and oxygen atoms in total. The fraction of sp³-hybridized carbons (Fsp3) is 0.471. The summed E-state index contributed by atoms with van der Waals surface area (Å²) in [5.74, 6) is 1.19. The van der Waals surface area contributed by atoms with Gasteiger partial charge >= 0.3 is 0 Å². The molecule has 1 fully saturated rings.